The van der Waals surface area contributed by atoms with E-state index in [1.165, 1.54) is 18.2 Å². The number of amides is 1. The summed E-state index contributed by atoms with van der Waals surface area (Å²) in [7, 11) is -2.93. The van der Waals surface area contributed by atoms with E-state index in [1.807, 2.05) is 29.2 Å². The number of anilines is 1. The largest absolute Gasteiger partial charge is 0.337 e. The van der Waals surface area contributed by atoms with Gasteiger partial charge in [0.2, 0.25) is 5.91 Å². The molecule has 0 spiro atoms. The Bertz CT molecular complexity index is 872. The number of carbonyl (C=O) groups is 1. The van der Waals surface area contributed by atoms with Gasteiger partial charge >= 0.3 is 0 Å². The van der Waals surface area contributed by atoms with Gasteiger partial charge < -0.3 is 10.2 Å². The molecule has 0 saturated carbocycles. The first-order valence-electron chi connectivity index (χ1n) is 9.93. The van der Waals surface area contributed by atoms with Crippen molar-refractivity contribution in [1.82, 2.24) is 4.90 Å². The number of hydrogen-bond acceptors (Lipinski definition) is 6. The maximum absolute atomic E-state index is 12.8. The minimum atomic E-state index is -2.93. The fraction of sp³-hybridized carbons (Fsp3) is 0.600. The second-order valence-corrected chi connectivity index (χ2v) is 11.5. The summed E-state index contributed by atoms with van der Waals surface area (Å²) in [6, 6.07) is 8.38. The molecule has 4 rings (SSSR count). The van der Waals surface area contributed by atoms with E-state index >= 15 is 0 Å². The summed E-state index contributed by atoms with van der Waals surface area (Å²) in [5.74, 6) is 0.570. The molecule has 2 fully saturated rings. The molecular weight excluding hydrogens is 394 g/mol. The molecule has 152 valence electrons. The number of fused-ring (bicyclic) bond motifs is 1. The number of nitrogens with one attached hydrogen (secondary N) is 1. The monoisotopic (exact) mass is 421 g/mol. The molecule has 1 N–H and O–H groups in total. The van der Waals surface area contributed by atoms with E-state index in [2.05, 4.69) is 24.2 Å². The van der Waals surface area contributed by atoms with E-state index in [9.17, 15) is 13.2 Å². The summed E-state index contributed by atoms with van der Waals surface area (Å²) in [5.41, 5.74) is 1.91. The van der Waals surface area contributed by atoms with Gasteiger partial charge in [-0.1, -0.05) is 23.9 Å². The Kier molecular flexibility index (Phi) is 5.44. The molecule has 2 saturated heterocycles. The molecule has 3 aliphatic rings. The molecule has 3 heterocycles. The quantitative estimate of drug-likeness (QED) is 0.812. The third kappa shape index (κ3) is 4.22. The third-order valence-electron chi connectivity index (χ3n) is 5.86. The standard InChI is InChI=1S/C20H27N3O3S2/c1-13-4-3-5-14(2)23(13)19(24)10-15-6-8-16(9-7-15)21-20-22-17-11-28(25,26)12-18(17)27-20/h6-9,13-14,17-18H,3-5,10-12H2,1-2H3,(H,21,22)/t13-,14?,17?,18?/m1/s1. The van der Waals surface area contributed by atoms with Gasteiger partial charge in [0.05, 0.1) is 24.0 Å². The Balaban J connectivity index is 1.35. The lowest BCUT2D eigenvalue weighted by molar-refractivity contribution is -0.136. The van der Waals surface area contributed by atoms with Crippen LogP contribution in [0.2, 0.25) is 0 Å². The molecule has 4 atom stereocenters. The van der Waals surface area contributed by atoms with Gasteiger partial charge in [0, 0.05) is 23.0 Å². The van der Waals surface area contributed by atoms with Crippen LogP contribution >= 0.6 is 11.8 Å². The van der Waals surface area contributed by atoms with Crippen molar-refractivity contribution < 1.29 is 13.2 Å². The highest BCUT2D eigenvalue weighted by atomic mass is 32.2. The average molecular weight is 422 g/mol. The predicted octanol–water partition coefficient (Wildman–Crippen LogP) is 2.70. The second-order valence-electron chi connectivity index (χ2n) is 8.16. The van der Waals surface area contributed by atoms with Crippen LogP contribution in [0.5, 0.6) is 0 Å². The van der Waals surface area contributed by atoms with E-state index in [0.717, 1.165) is 29.3 Å². The Morgan fingerprint density at radius 3 is 2.50 bits per heavy atom. The van der Waals surface area contributed by atoms with Gasteiger partial charge in [-0.15, -0.1) is 0 Å². The third-order valence-corrected chi connectivity index (χ3v) is 9.00. The number of sulfone groups is 1. The summed E-state index contributed by atoms with van der Waals surface area (Å²) in [6.45, 7) is 4.28. The number of amidine groups is 1. The number of piperidine rings is 1. The first-order chi connectivity index (χ1) is 13.3. The van der Waals surface area contributed by atoms with Crippen molar-refractivity contribution in [2.24, 2.45) is 4.99 Å². The zero-order valence-corrected chi connectivity index (χ0v) is 17.9. The van der Waals surface area contributed by atoms with Crippen LogP contribution in [0.25, 0.3) is 0 Å². The SMILES string of the molecule is CC1CCC[C@@H](C)N1C(=O)Cc1ccc(NC2=NC3CS(=O)(=O)CC3S2)cc1. The molecule has 0 aromatic heterocycles. The van der Waals surface area contributed by atoms with Crippen molar-refractivity contribution in [3.05, 3.63) is 29.8 Å². The molecule has 28 heavy (non-hydrogen) atoms. The van der Waals surface area contributed by atoms with Crippen LogP contribution in [-0.4, -0.2) is 59.3 Å². The molecule has 3 unspecified atom stereocenters. The van der Waals surface area contributed by atoms with Crippen LogP contribution in [0.1, 0.15) is 38.7 Å². The molecule has 3 aliphatic heterocycles. The van der Waals surface area contributed by atoms with Gasteiger partial charge in [0.25, 0.3) is 0 Å². The molecule has 0 radical (unpaired) electrons. The second kappa shape index (κ2) is 7.71. The lowest BCUT2D eigenvalue weighted by Gasteiger charge is -2.39. The summed E-state index contributed by atoms with van der Waals surface area (Å²) in [4.78, 5) is 19.3. The van der Waals surface area contributed by atoms with Crippen molar-refractivity contribution in [2.75, 3.05) is 16.8 Å². The van der Waals surface area contributed by atoms with Gasteiger partial charge in [-0.25, -0.2) is 8.42 Å². The van der Waals surface area contributed by atoms with Gasteiger partial charge in [-0.05, 0) is 50.8 Å². The predicted molar refractivity (Wildman–Crippen MR) is 115 cm³/mol. The van der Waals surface area contributed by atoms with Crippen LogP contribution < -0.4 is 5.32 Å². The Hall–Kier alpha value is -1.54. The summed E-state index contributed by atoms with van der Waals surface area (Å²) < 4.78 is 23.3. The fourth-order valence-corrected chi connectivity index (χ4v) is 8.10. The van der Waals surface area contributed by atoms with E-state index < -0.39 is 9.84 Å². The van der Waals surface area contributed by atoms with Crippen LogP contribution in [0.4, 0.5) is 5.69 Å². The van der Waals surface area contributed by atoms with Crippen molar-refractivity contribution in [2.45, 2.75) is 62.9 Å². The Morgan fingerprint density at radius 1 is 1.18 bits per heavy atom. The normalized spacial score (nSPS) is 31.4. The van der Waals surface area contributed by atoms with E-state index in [0.29, 0.717) is 18.5 Å². The fourth-order valence-electron chi connectivity index (χ4n) is 4.42. The minimum Gasteiger partial charge on any atom is -0.337 e. The number of carbonyl (C=O) groups excluding carboxylic acids is 1. The van der Waals surface area contributed by atoms with E-state index in [1.54, 1.807) is 0 Å². The molecule has 1 aromatic rings. The molecule has 8 heteroatoms. The van der Waals surface area contributed by atoms with Crippen molar-refractivity contribution in [3.8, 4) is 0 Å². The maximum atomic E-state index is 12.8. The number of aliphatic imine (C=N–C) groups is 1. The molecule has 1 amide bonds. The number of benzene rings is 1. The van der Waals surface area contributed by atoms with Gasteiger partial charge in [-0.3, -0.25) is 9.79 Å². The van der Waals surface area contributed by atoms with Crippen LogP contribution in [0.15, 0.2) is 29.3 Å². The maximum Gasteiger partial charge on any atom is 0.227 e. The zero-order valence-electron chi connectivity index (χ0n) is 16.3. The first-order valence-corrected chi connectivity index (χ1v) is 12.6. The number of hydrogen-bond donors (Lipinski definition) is 1. The molecule has 0 aliphatic carbocycles. The van der Waals surface area contributed by atoms with E-state index in [-0.39, 0.29) is 28.7 Å². The highest BCUT2D eigenvalue weighted by molar-refractivity contribution is 8.15. The smallest absolute Gasteiger partial charge is 0.227 e. The number of likely N-dealkylation sites (tertiary alicyclic amines) is 1. The van der Waals surface area contributed by atoms with Crippen LogP contribution in [0, 0.1) is 0 Å². The number of rotatable bonds is 3. The summed E-state index contributed by atoms with van der Waals surface area (Å²) >= 11 is 1.51. The minimum absolute atomic E-state index is 0.0397. The van der Waals surface area contributed by atoms with Gasteiger partial charge in [0.15, 0.2) is 15.0 Å². The summed E-state index contributed by atoms with van der Waals surface area (Å²) in [6.07, 6.45) is 3.79. The number of thioether (sulfide) groups is 1. The number of nitrogens with zero attached hydrogens (tertiary/aromatic N) is 2. The van der Waals surface area contributed by atoms with Gasteiger partial charge in [0.1, 0.15) is 0 Å². The first kappa shape index (κ1) is 19.8. The molecule has 6 nitrogen and oxygen atoms in total. The Morgan fingerprint density at radius 2 is 1.86 bits per heavy atom. The zero-order chi connectivity index (χ0) is 19.9. The van der Waals surface area contributed by atoms with Crippen LogP contribution in [0.3, 0.4) is 0 Å². The van der Waals surface area contributed by atoms with Crippen molar-refractivity contribution >= 4 is 38.4 Å². The topological polar surface area (TPSA) is 78.8 Å². The Labute approximate surface area is 171 Å². The highest BCUT2D eigenvalue weighted by Gasteiger charge is 2.42. The van der Waals surface area contributed by atoms with Gasteiger partial charge in [-0.2, -0.15) is 0 Å². The lowest BCUT2D eigenvalue weighted by Crippen LogP contribution is -2.48. The molecule has 0 bridgehead atoms. The summed E-state index contributed by atoms with van der Waals surface area (Å²) in [5, 5.41) is 4.10. The molecule has 1 aromatic carbocycles. The molecular formula is C20H27N3O3S2. The average Bonchev–Trinajstić information content (AvgIpc) is 3.09. The highest BCUT2D eigenvalue weighted by Crippen LogP contribution is 2.34. The lowest BCUT2D eigenvalue weighted by atomic mass is 9.96. The van der Waals surface area contributed by atoms with Crippen molar-refractivity contribution in [1.29, 1.82) is 0 Å². The van der Waals surface area contributed by atoms with Crippen LogP contribution in [-0.2, 0) is 21.1 Å². The van der Waals surface area contributed by atoms with Crippen molar-refractivity contribution in [3.63, 3.8) is 0 Å². The van der Waals surface area contributed by atoms with E-state index in [4.69, 9.17) is 0 Å².